The van der Waals surface area contributed by atoms with Gasteiger partial charge in [-0.15, -0.1) is 0 Å². The Morgan fingerprint density at radius 1 is 1.15 bits per heavy atom. The standard InChI is InChI=1S/C22H27NO3/c1-16(2)14-23-22(24)12-10-18-9-11-20(21(13-18)25-4)26-15-19-8-6-5-7-17(19)3/h5-13,16H,14-15H2,1-4H3,(H,23,24)/b12-10+. The molecule has 1 N–H and O–H groups in total. The lowest BCUT2D eigenvalue weighted by Crippen LogP contribution is -2.25. The normalized spacial score (nSPS) is 11.0. The van der Waals surface area contributed by atoms with Gasteiger partial charge in [0.15, 0.2) is 11.5 Å². The first kappa shape index (κ1) is 19.6. The van der Waals surface area contributed by atoms with Crippen LogP contribution in [0.3, 0.4) is 0 Å². The molecule has 0 fully saturated rings. The molecule has 0 bridgehead atoms. The number of nitrogens with one attached hydrogen (secondary N) is 1. The highest BCUT2D eigenvalue weighted by molar-refractivity contribution is 5.91. The van der Waals surface area contributed by atoms with Crippen molar-refractivity contribution in [3.05, 3.63) is 65.2 Å². The second-order valence-corrected chi connectivity index (χ2v) is 6.60. The number of hydrogen-bond acceptors (Lipinski definition) is 3. The van der Waals surface area contributed by atoms with Gasteiger partial charge in [0, 0.05) is 12.6 Å². The lowest BCUT2D eigenvalue weighted by atomic mass is 10.1. The van der Waals surface area contributed by atoms with Crippen molar-refractivity contribution in [2.75, 3.05) is 13.7 Å². The molecule has 0 atom stereocenters. The van der Waals surface area contributed by atoms with Gasteiger partial charge in [0.1, 0.15) is 6.61 Å². The minimum atomic E-state index is -0.0995. The van der Waals surface area contributed by atoms with E-state index < -0.39 is 0 Å². The van der Waals surface area contributed by atoms with Crippen LogP contribution in [-0.2, 0) is 11.4 Å². The molecule has 2 rings (SSSR count). The van der Waals surface area contributed by atoms with Gasteiger partial charge >= 0.3 is 0 Å². The van der Waals surface area contributed by atoms with Gasteiger partial charge in [-0.1, -0.05) is 44.2 Å². The van der Waals surface area contributed by atoms with E-state index in [9.17, 15) is 4.79 Å². The molecule has 1 amide bonds. The number of amides is 1. The Labute approximate surface area is 155 Å². The van der Waals surface area contributed by atoms with E-state index >= 15 is 0 Å². The van der Waals surface area contributed by atoms with Crippen molar-refractivity contribution < 1.29 is 14.3 Å². The van der Waals surface area contributed by atoms with Crippen LogP contribution in [0.15, 0.2) is 48.5 Å². The molecule has 2 aromatic rings. The maximum atomic E-state index is 11.8. The Kier molecular flexibility index (Phi) is 7.27. The summed E-state index contributed by atoms with van der Waals surface area (Å²) in [5, 5.41) is 2.85. The zero-order valence-electron chi connectivity index (χ0n) is 15.9. The summed E-state index contributed by atoms with van der Waals surface area (Å²) in [7, 11) is 1.61. The number of carbonyl (C=O) groups is 1. The van der Waals surface area contributed by atoms with Gasteiger partial charge in [0.05, 0.1) is 7.11 Å². The SMILES string of the molecule is COc1cc(/C=C/C(=O)NCC(C)C)ccc1OCc1ccccc1C. The highest BCUT2D eigenvalue weighted by atomic mass is 16.5. The van der Waals surface area contributed by atoms with Crippen molar-refractivity contribution in [3.8, 4) is 11.5 Å². The molecule has 0 aliphatic heterocycles. The van der Waals surface area contributed by atoms with Crippen LogP contribution in [0.2, 0.25) is 0 Å². The van der Waals surface area contributed by atoms with Crippen molar-refractivity contribution >= 4 is 12.0 Å². The van der Waals surface area contributed by atoms with Gasteiger partial charge in [-0.3, -0.25) is 4.79 Å². The molecule has 0 aliphatic rings. The van der Waals surface area contributed by atoms with Crippen LogP contribution < -0.4 is 14.8 Å². The second-order valence-electron chi connectivity index (χ2n) is 6.60. The molecule has 4 nitrogen and oxygen atoms in total. The van der Waals surface area contributed by atoms with Crippen molar-refractivity contribution in [1.29, 1.82) is 0 Å². The lowest BCUT2D eigenvalue weighted by molar-refractivity contribution is -0.116. The Hall–Kier alpha value is -2.75. The number of ether oxygens (including phenoxy) is 2. The first-order valence-electron chi connectivity index (χ1n) is 8.81. The summed E-state index contributed by atoms with van der Waals surface area (Å²) in [6.45, 7) is 7.33. The average Bonchev–Trinajstić information content (AvgIpc) is 2.64. The van der Waals surface area contributed by atoms with E-state index in [1.807, 2.05) is 30.3 Å². The smallest absolute Gasteiger partial charge is 0.244 e. The maximum absolute atomic E-state index is 11.8. The number of carbonyl (C=O) groups excluding carboxylic acids is 1. The van der Waals surface area contributed by atoms with Crippen LogP contribution in [0, 0.1) is 12.8 Å². The minimum absolute atomic E-state index is 0.0995. The van der Waals surface area contributed by atoms with Gasteiger partial charge in [-0.2, -0.15) is 0 Å². The minimum Gasteiger partial charge on any atom is -0.493 e. The van der Waals surface area contributed by atoms with E-state index in [0.29, 0.717) is 30.6 Å². The number of methoxy groups -OCH3 is 1. The molecular weight excluding hydrogens is 326 g/mol. The zero-order valence-corrected chi connectivity index (χ0v) is 15.9. The Bertz CT molecular complexity index is 766. The molecule has 138 valence electrons. The molecule has 0 spiro atoms. The topological polar surface area (TPSA) is 47.6 Å². The molecule has 4 heteroatoms. The number of rotatable bonds is 8. The van der Waals surface area contributed by atoms with Gasteiger partial charge in [0.25, 0.3) is 0 Å². The molecule has 0 radical (unpaired) electrons. The van der Waals surface area contributed by atoms with Crippen LogP contribution in [0.1, 0.15) is 30.5 Å². The summed E-state index contributed by atoms with van der Waals surface area (Å²) in [5.74, 6) is 1.65. The van der Waals surface area contributed by atoms with Crippen molar-refractivity contribution in [2.24, 2.45) is 5.92 Å². The summed E-state index contributed by atoms with van der Waals surface area (Å²) in [6.07, 6.45) is 3.30. The summed E-state index contributed by atoms with van der Waals surface area (Å²) in [6, 6.07) is 13.8. The molecule has 0 aliphatic carbocycles. The second kappa shape index (κ2) is 9.66. The van der Waals surface area contributed by atoms with E-state index in [2.05, 4.69) is 38.2 Å². The van der Waals surface area contributed by atoms with Crippen molar-refractivity contribution in [2.45, 2.75) is 27.4 Å². The zero-order chi connectivity index (χ0) is 18.9. The maximum Gasteiger partial charge on any atom is 0.244 e. The van der Waals surface area contributed by atoms with Crippen LogP contribution in [-0.4, -0.2) is 19.6 Å². The fourth-order valence-electron chi connectivity index (χ4n) is 2.37. The summed E-state index contributed by atoms with van der Waals surface area (Å²) < 4.78 is 11.3. The number of aryl methyl sites for hydroxylation is 1. The molecule has 0 saturated carbocycles. The quantitative estimate of drug-likeness (QED) is 0.717. The highest BCUT2D eigenvalue weighted by Crippen LogP contribution is 2.29. The van der Waals surface area contributed by atoms with E-state index in [0.717, 1.165) is 11.1 Å². The molecule has 0 heterocycles. The van der Waals surface area contributed by atoms with E-state index in [1.54, 1.807) is 13.2 Å². The first-order chi connectivity index (χ1) is 12.5. The first-order valence-corrected chi connectivity index (χ1v) is 8.81. The van der Waals surface area contributed by atoms with E-state index in [1.165, 1.54) is 11.6 Å². The number of benzene rings is 2. The third-order valence-electron chi connectivity index (χ3n) is 3.94. The van der Waals surface area contributed by atoms with Crippen molar-refractivity contribution in [1.82, 2.24) is 5.32 Å². The van der Waals surface area contributed by atoms with Crippen molar-refractivity contribution in [3.63, 3.8) is 0 Å². The fraction of sp³-hybridized carbons (Fsp3) is 0.318. The molecule has 26 heavy (non-hydrogen) atoms. The summed E-state index contributed by atoms with van der Waals surface area (Å²) >= 11 is 0. The van der Waals surface area contributed by atoms with Crippen LogP contribution in [0.25, 0.3) is 6.08 Å². The fourth-order valence-corrected chi connectivity index (χ4v) is 2.37. The predicted octanol–water partition coefficient (Wildman–Crippen LogP) is 4.37. The van der Waals surface area contributed by atoms with Gasteiger partial charge < -0.3 is 14.8 Å². The van der Waals surface area contributed by atoms with Crippen LogP contribution in [0.4, 0.5) is 0 Å². The summed E-state index contributed by atoms with van der Waals surface area (Å²) in [4.78, 5) is 11.8. The van der Waals surface area contributed by atoms with E-state index in [4.69, 9.17) is 9.47 Å². The molecule has 0 unspecified atom stereocenters. The predicted molar refractivity (Wildman–Crippen MR) is 105 cm³/mol. The van der Waals surface area contributed by atoms with Gasteiger partial charge in [-0.25, -0.2) is 0 Å². The Morgan fingerprint density at radius 2 is 1.92 bits per heavy atom. The van der Waals surface area contributed by atoms with E-state index in [-0.39, 0.29) is 5.91 Å². The largest absolute Gasteiger partial charge is 0.493 e. The monoisotopic (exact) mass is 353 g/mol. The molecular formula is C22H27NO3. The molecule has 2 aromatic carbocycles. The third-order valence-corrected chi connectivity index (χ3v) is 3.94. The van der Waals surface area contributed by atoms with Crippen LogP contribution in [0.5, 0.6) is 11.5 Å². The molecule has 0 aromatic heterocycles. The Morgan fingerprint density at radius 3 is 2.62 bits per heavy atom. The lowest BCUT2D eigenvalue weighted by Gasteiger charge is -2.12. The van der Waals surface area contributed by atoms with Gasteiger partial charge in [0.2, 0.25) is 5.91 Å². The van der Waals surface area contributed by atoms with Crippen LogP contribution >= 0.6 is 0 Å². The van der Waals surface area contributed by atoms with Gasteiger partial charge in [-0.05, 0) is 47.7 Å². The molecule has 0 saturated heterocycles. The highest BCUT2D eigenvalue weighted by Gasteiger charge is 2.07. The average molecular weight is 353 g/mol. The number of hydrogen-bond donors (Lipinski definition) is 1. The third kappa shape index (κ3) is 5.96. The summed E-state index contributed by atoms with van der Waals surface area (Å²) in [5.41, 5.74) is 3.21. The Balaban J connectivity index is 2.02.